The Hall–Kier alpha value is -4.29. The van der Waals surface area contributed by atoms with Crippen LogP contribution in [0.1, 0.15) is 41.5 Å². The van der Waals surface area contributed by atoms with Crippen molar-refractivity contribution in [3.63, 3.8) is 0 Å². The van der Waals surface area contributed by atoms with Crippen LogP contribution in [0.2, 0.25) is 0 Å². The van der Waals surface area contributed by atoms with Crippen molar-refractivity contribution < 1.29 is 31.9 Å². The van der Waals surface area contributed by atoms with E-state index in [-0.39, 0.29) is 36.6 Å². The molecule has 0 radical (unpaired) electrons. The molecule has 1 atom stereocenters. The zero-order valence-electron chi connectivity index (χ0n) is 24.6. The number of fused-ring (bicyclic) bond motifs is 1. The van der Waals surface area contributed by atoms with Gasteiger partial charge in [-0.05, 0) is 49.4 Å². The van der Waals surface area contributed by atoms with Crippen molar-refractivity contribution in [2.24, 2.45) is 0 Å². The first-order valence-corrected chi connectivity index (χ1v) is 14.7. The van der Waals surface area contributed by atoms with Gasteiger partial charge >= 0.3 is 18.3 Å². The Balaban J connectivity index is 1.27. The summed E-state index contributed by atoms with van der Waals surface area (Å²) in [5.74, 6) is 0.0212. The molecule has 1 unspecified atom stereocenters. The smallest absolute Gasteiger partial charge is 0.416 e. The number of carbonyl (C=O) groups excluding carboxylic acids is 2. The molecule has 3 aliphatic rings. The molecular weight excluding hydrogens is 580 g/mol. The van der Waals surface area contributed by atoms with E-state index in [4.69, 9.17) is 4.74 Å². The van der Waals surface area contributed by atoms with Crippen LogP contribution in [0.15, 0.2) is 48.7 Å². The number of halogens is 4. The minimum Gasteiger partial charge on any atom is -0.453 e. The number of ether oxygens (including phenoxy) is 1. The number of rotatable bonds is 6. The highest BCUT2D eigenvalue weighted by Gasteiger charge is 2.41. The minimum atomic E-state index is -4.59. The van der Waals surface area contributed by atoms with Crippen LogP contribution >= 0.6 is 0 Å². The number of anilines is 2. The molecule has 234 valence electrons. The second kappa shape index (κ2) is 11.7. The fourth-order valence-electron chi connectivity index (χ4n) is 6.54. The predicted molar refractivity (Wildman–Crippen MR) is 155 cm³/mol. The summed E-state index contributed by atoms with van der Waals surface area (Å²) < 4.78 is 62.9. The van der Waals surface area contributed by atoms with Crippen LogP contribution in [0.25, 0.3) is 0 Å². The van der Waals surface area contributed by atoms with Crippen molar-refractivity contribution in [1.82, 2.24) is 19.6 Å². The van der Waals surface area contributed by atoms with Gasteiger partial charge in [-0.2, -0.15) is 18.3 Å². The molecule has 0 saturated carbocycles. The lowest BCUT2D eigenvalue weighted by Gasteiger charge is -2.43. The van der Waals surface area contributed by atoms with Gasteiger partial charge in [-0.3, -0.25) is 9.58 Å². The number of methoxy groups -OCH3 is 1. The quantitative estimate of drug-likeness (QED) is 0.328. The highest BCUT2D eigenvalue weighted by Crippen LogP contribution is 2.37. The Morgan fingerprint density at radius 3 is 2.45 bits per heavy atom. The van der Waals surface area contributed by atoms with Gasteiger partial charge in [-0.25, -0.2) is 14.0 Å². The fraction of sp³-hybridized carbons (Fsp3) is 0.452. The van der Waals surface area contributed by atoms with E-state index in [0.29, 0.717) is 56.1 Å². The number of hydrogen-bond acceptors (Lipinski definition) is 5. The van der Waals surface area contributed by atoms with E-state index in [9.17, 15) is 27.2 Å². The third-order valence-corrected chi connectivity index (χ3v) is 8.90. The summed E-state index contributed by atoms with van der Waals surface area (Å²) in [5, 5.41) is 4.65. The number of benzene rings is 2. The number of alkyl halides is 3. The molecule has 2 aromatic carbocycles. The van der Waals surface area contributed by atoms with Crippen LogP contribution in [0.5, 0.6) is 0 Å². The number of amides is 3. The van der Waals surface area contributed by atoms with Crippen molar-refractivity contribution >= 4 is 23.6 Å². The second-order valence-electron chi connectivity index (χ2n) is 11.6. The van der Waals surface area contributed by atoms with Crippen molar-refractivity contribution in [2.75, 3.05) is 36.5 Å². The van der Waals surface area contributed by atoms with Crippen LogP contribution < -0.4 is 9.80 Å². The summed E-state index contributed by atoms with van der Waals surface area (Å²) in [5.41, 5.74) is 1.27. The normalized spacial score (nSPS) is 19.2. The molecule has 2 fully saturated rings. The molecule has 13 heteroatoms. The maximum absolute atomic E-state index is 14.7. The third kappa shape index (κ3) is 5.55. The lowest BCUT2D eigenvalue weighted by Crippen LogP contribution is -2.54. The van der Waals surface area contributed by atoms with E-state index in [2.05, 4.69) is 5.10 Å². The zero-order chi connectivity index (χ0) is 31.2. The average molecular weight is 615 g/mol. The Kier molecular flexibility index (Phi) is 7.89. The number of aromatic nitrogens is 2. The Bertz CT molecular complexity index is 1530. The summed E-state index contributed by atoms with van der Waals surface area (Å²) in [7, 11) is 1.32. The summed E-state index contributed by atoms with van der Waals surface area (Å²) in [6.07, 6.45) is -1.30. The standard InChI is InChI=1S/C31H34F4N6O3/c1-20-6-5-9-26(32)27(20)37-13-10-23(11-14-37)40-18-22-16-38(19-24-12-15-39(24)30(43)44-2)36-28(22)41(29(40)42)17-21-7-3-4-8-25(21)31(33,34)35/h3-9,16,23-24H,10-15,17-19H2,1-2H3. The molecule has 44 heavy (non-hydrogen) atoms. The molecule has 0 N–H and O–H groups in total. The van der Waals surface area contributed by atoms with Gasteiger partial charge in [0.1, 0.15) is 5.82 Å². The molecule has 6 rings (SSSR count). The Morgan fingerprint density at radius 1 is 1.05 bits per heavy atom. The molecule has 9 nitrogen and oxygen atoms in total. The lowest BCUT2D eigenvalue weighted by molar-refractivity contribution is -0.138. The molecule has 3 amide bonds. The number of urea groups is 1. The van der Waals surface area contributed by atoms with Crippen LogP contribution in [0.4, 0.5) is 38.7 Å². The highest BCUT2D eigenvalue weighted by molar-refractivity contribution is 5.94. The molecule has 0 bridgehead atoms. The zero-order valence-corrected chi connectivity index (χ0v) is 24.6. The number of para-hydroxylation sites is 1. The van der Waals surface area contributed by atoms with Crippen molar-refractivity contribution in [1.29, 1.82) is 0 Å². The highest BCUT2D eigenvalue weighted by atomic mass is 19.4. The van der Waals surface area contributed by atoms with Gasteiger partial charge in [0, 0.05) is 37.4 Å². The van der Waals surface area contributed by atoms with E-state index < -0.39 is 23.9 Å². The number of hydrogen-bond donors (Lipinski definition) is 0. The fourth-order valence-corrected chi connectivity index (χ4v) is 6.54. The van der Waals surface area contributed by atoms with Crippen LogP contribution in [-0.2, 0) is 30.5 Å². The van der Waals surface area contributed by atoms with Gasteiger partial charge in [0.15, 0.2) is 5.82 Å². The van der Waals surface area contributed by atoms with Gasteiger partial charge in [-0.1, -0.05) is 30.3 Å². The van der Waals surface area contributed by atoms with E-state index in [1.807, 2.05) is 24.1 Å². The first-order valence-electron chi connectivity index (χ1n) is 14.7. The summed E-state index contributed by atoms with van der Waals surface area (Å²) in [6.45, 7) is 3.80. The van der Waals surface area contributed by atoms with E-state index in [1.54, 1.807) is 20.5 Å². The van der Waals surface area contributed by atoms with Crippen molar-refractivity contribution in [3.05, 3.63) is 76.7 Å². The van der Waals surface area contributed by atoms with Crippen molar-refractivity contribution in [2.45, 2.75) is 64.1 Å². The molecular formula is C31H34F4N6O3. The van der Waals surface area contributed by atoms with Gasteiger partial charge in [-0.15, -0.1) is 0 Å². The van der Waals surface area contributed by atoms with Gasteiger partial charge in [0.05, 0.1) is 44.0 Å². The van der Waals surface area contributed by atoms with Gasteiger partial charge in [0.25, 0.3) is 0 Å². The predicted octanol–water partition coefficient (Wildman–Crippen LogP) is 5.80. The summed E-state index contributed by atoms with van der Waals surface area (Å²) in [4.78, 5) is 32.8. The molecule has 1 aromatic heterocycles. The van der Waals surface area contributed by atoms with Crippen LogP contribution in [0.3, 0.4) is 0 Å². The topological polar surface area (TPSA) is 74.1 Å². The van der Waals surface area contributed by atoms with E-state index >= 15 is 0 Å². The van der Waals surface area contributed by atoms with E-state index in [1.165, 1.54) is 36.3 Å². The number of piperidine rings is 1. The first-order chi connectivity index (χ1) is 21.0. The summed E-state index contributed by atoms with van der Waals surface area (Å²) >= 11 is 0. The number of aryl methyl sites for hydroxylation is 1. The maximum atomic E-state index is 14.7. The molecule has 4 heterocycles. The molecule has 2 saturated heterocycles. The Morgan fingerprint density at radius 2 is 1.80 bits per heavy atom. The number of carbonyl (C=O) groups is 2. The SMILES string of the molecule is COC(=O)N1CCC1Cn1cc2c(n1)N(Cc1ccccc1C(F)(F)F)C(=O)N(C1CCN(c3c(C)cccc3F)CC1)C2. The van der Waals surface area contributed by atoms with Gasteiger partial charge in [0.2, 0.25) is 0 Å². The molecule has 0 aliphatic carbocycles. The molecule has 3 aliphatic heterocycles. The molecule has 0 spiro atoms. The monoisotopic (exact) mass is 614 g/mol. The van der Waals surface area contributed by atoms with Gasteiger partial charge < -0.3 is 19.4 Å². The largest absolute Gasteiger partial charge is 0.453 e. The summed E-state index contributed by atoms with van der Waals surface area (Å²) in [6, 6.07) is 9.47. The first kappa shape index (κ1) is 29.8. The second-order valence-corrected chi connectivity index (χ2v) is 11.6. The lowest BCUT2D eigenvalue weighted by atomic mass is 10.00. The minimum absolute atomic E-state index is 0.0311. The maximum Gasteiger partial charge on any atom is 0.416 e. The average Bonchev–Trinajstić information content (AvgIpc) is 3.39. The van der Waals surface area contributed by atoms with Crippen LogP contribution in [0, 0.1) is 12.7 Å². The van der Waals surface area contributed by atoms with Crippen LogP contribution in [-0.4, -0.2) is 70.5 Å². The third-order valence-electron chi connectivity index (χ3n) is 8.90. The Labute approximate surface area is 252 Å². The number of likely N-dealkylation sites (tertiary alicyclic amines) is 1. The molecule has 3 aromatic rings. The number of nitrogens with zero attached hydrogens (tertiary/aromatic N) is 6. The van der Waals surface area contributed by atoms with Crippen molar-refractivity contribution in [3.8, 4) is 0 Å². The van der Waals surface area contributed by atoms with E-state index in [0.717, 1.165) is 18.1 Å².